The number of sulfonamides is 1. The minimum atomic E-state index is -3.57. The maximum atomic E-state index is 12.7. The lowest BCUT2D eigenvalue weighted by atomic mass is 10.1. The third-order valence-corrected chi connectivity index (χ3v) is 6.02. The molecule has 5 nitrogen and oxygen atoms in total. The molecule has 2 aromatic carbocycles. The van der Waals surface area contributed by atoms with Gasteiger partial charge in [-0.25, -0.2) is 13.1 Å². The lowest BCUT2D eigenvalue weighted by Gasteiger charge is -2.19. The fraction of sp³-hybridized carbons (Fsp3) is 0.286. The van der Waals surface area contributed by atoms with Gasteiger partial charge in [-0.05, 0) is 49.4 Å². The SMILES string of the molecule is CC(Cc1ccccc1)NC[C@@H](C)NS(=O)(=O)c1ccc2cnccc2c1. The van der Waals surface area contributed by atoms with Crippen molar-refractivity contribution >= 4 is 20.8 Å². The number of rotatable bonds is 8. The number of hydrogen-bond acceptors (Lipinski definition) is 4. The predicted molar refractivity (Wildman–Crippen MR) is 109 cm³/mol. The van der Waals surface area contributed by atoms with Crippen molar-refractivity contribution in [2.24, 2.45) is 0 Å². The van der Waals surface area contributed by atoms with Gasteiger partial charge in [0.1, 0.15) is 0 Å². The first kappa shape index (κ1) is 19.5. The van der Waals surface area contributed by atoms with Crippen LogP contribution in [-0.4, -0.2) is 32.0 Å². The van der Waals surface area contributed by atoms with E-state index in [0.717, 1.165) is 17.2 Å². The van der Waals surface area contributed by atoms with Gasteiger partial charge in [-0.15, -0.1) is 0 Å². The van der Waals surface area contributed by atoms with E-state index < -0.39 is 10.0 Å². The molecule has 0 aliphatic heterocycles. The summed E-state index contributed by atoms with van der Waals surface area (Å²) in [6.07, 6.45) is 4.28. The Morgan fingerprint density at radius 3 is 2.52 bits per heavy atom. The highest BCUT2D eigenvalue weighted by atomic mass is 32.2. The van der Waals surface area contributed by atoms with Crippen molar-refractivity contribution in [3.05, 3.63) is 72.6 Å². The molecular weight excluding hydrogens is 358 g/mol. The molecule has 3 aromatic rings. The number of nitrogens with one attached hydrogen (secondary N) is 2. The van der Waals surface area contributed by atoms with Gasteiger partial charge >= 0.3 is 0 Å². The fourth-order valence-electron chi connectivity index (χ4n) is 3.02. The van der Waals surface area contributed by atoms with Gasteiger partial charge in [0.25, 0.3) is 0 Å². The Morgan fingerprint density at radius 2 is 1.74 bits per heavy atom. The molecule has 0 fully saturated rings. The van der Waals surface area contributed by atoms with Crippen LogP contribution in [0.3, 0.4) is 0 Å². The van der Waals surface area contributed by atoms with Crippen molar-refractivity contribution in [3.63, 3.8) is 0 Å². The van der Waals surface area contributed by atoms with Gasteiger partial charge in [-0.3, -0.25) is 4.98 Å². The molecular formula is C21H25N3O2S. The van der Waals surface area contributed by atoms with Crippen molar-refractivity contribution < 1.29 is 8.42 Å². The second kappa shape index (κ2) is 8.61. The smallest absolute Gasteiger partial charge is 0.240 e. The molecule has 142 valence electrons. The summed E-state index contributed by atoms with van der Waals surface area (Å²) in [5.74, 6) is 0. The van der Waals surface area contributed by atoms with Crippen LogP contribution in [0.15, 0.2) is 71.9 Å². The van der Waals surface area contributed by atoms with Crippen molar-refractivity contribution in [1.29, 1.82) is 0 Å². The van der Waals surface area contributed by atoms with Crippen LogP contribution in [0.25, 0.3) is 10.8 Å². The predicted octanol–water partition coefficient (Wildman–Crippen LogP) is 3.12. The number of pyridine rings is 1. The van der Waals surface area contributed by atoms with Crippen LogP contribution in [0.1, 0.15) is 19.4 Å². The summed E-state index contributed by atoms with van der Waals surface area (Å²) < 4.78 is 28.1. The van der Waals surface area contributed by atoms with Crippen molar-refractivity contribution in [1.82, 2.24) is 15.0 Å². The van der Waals surface area contributed by atoms with Gasteiger partial charge in [-0.2, -0.15) is 0 Å². The molecule has 2 atom stereocenters. The van der Waals surface area contributed by atoms with E-state index in [9.17, 15) is 8.42 Å². The lowest BCUT2D eigenvalue weighted by Crippen LogP contribution is -2.42. The summed E-state index contributed by atoms with van der Waals surface area (Å²) in [5, 5.41) is 5.17. The zero-order chi connectivity index (χ0) is 19.3. The molecule has 0 amide bonds. The first-order valence-electron chi connectivity index (χ1n) is 9.07. The number of aromatic nitrogens is 1. The Hall–Kier alpha value is -2.28. The summed E-state index contributed by atoms with van der Waals surface area (Å²) in [7, 11) is -3.57. The van der Waals surface area contributed by atoms with Gasteiger partial charge in [0.15, 0.2) is 0 Å². The van der Waals surface area contributed by atoms with Crippen LogP contribution in [-0.2, 0) is 16.4 Å². The number of benzene rings is 2. The molecule has 1 aromatic heterocycles. The van der Waals surface area contributed by atoms with Crippen molar-refractivity contribution in [2.45, 2.75) is 37.2 Å². The second-order valence-electron chi connectivity index (χ2n) is 6.91. The topological polar surface area (TPSA) is 71.1 Å². The van der Waals surface area contributed by atoms with Crippen molar-refractivity contribution in [3.8, 4) is 0 Å². The molecule has 0 bridgehead atoms. The average molecular weight is 384 g/mol. The van der Waals surface area contributed by atoms with Crippen LogP contribution in [0.5, 0.6) is 0 Å². The largest absolute Gasteiger partial charge is 0.312 e. The highest BCUT2D eigenvalue weighted by Gasteiger charge is 2.18. The van der Waals surface area contributed by atoms with E-state index in [0.29, 0.717) is 6.54 Å². The Kier molecular flexibility index (Phi) is 6.21. The van der Waals surface area contributed by atoms with Gasteiger partial charge in [0.2, 0.25) is 10.0 Å². The van der Waals surface area contributed by atoms with E-state index in [1.54, 1.807) is 30.6 Å². The Labute approximate surface area is 160 Å². The molecule has 27 heavy (non-hydrogen) atoms. The zero-order valence-corrected chi connectivity index (χ0v) is 16.4. The Morgan fingerprint density at radius 1 is 0.963 bits per heavy atom. The third-order valence-electron chi connectivity index (χ3n) is 4.44. The summed E-state index contributed by atoms with van der Waals surface area (Å²) in [6.45, 7) is 4.53. The van der Waals surface area contributed by atoms with Crippen molar-refractivity contribution in [2.75, 3.05) is 6.54 Å². The van der Waals surface area contributed by atoms with Crippen LogP contribution >= 0.6 is 0 Å². The molecule has 0 saturated heterocycles. The molecule has 0 spiro atoms. The van der Waals surface area contributed by atoms with Gasteiger partial charge < -0.3 is 5.32 Å². The molecule has 0 aliphatic carbocycles. The summed E-state index contributed by atoms with van der Waals surface area (Å²) >= 11 is 0. The molecule has 3 rings (SSSR count). The normalized spacial score (nSPS) is 14.1. The van der Waals surface area contributed by atoms with E-state index in [-0.39, 0.29) is 17.0 Å². The monoisotopic (exact) mass is 383 g/mol. The standard InChI is InChI=1S/C21H25N3O2S/c1-16(12-18-6-4-3-5-7-18)23-14-17(2)24-27(25,26)21-9-8-20-15-22-11-10-19(20)13-21/h3-11,13,15-17,23-24H,12,14H2,1-2H3/t16?,17-/m1/s1. The van der Waals surface area contributed by atoms with E-state index in [2.05, 4.69) is 34.1 Å². The fourth-order valence-corrected chi connectivity index (χ4v) is 4.30. The maximum Gasteiger partial charge on any atom is 0.240 e. The minimum Gasteiger partial charge on any atom is -0.312 e. The zero-order valence-electron chi connectivity index (χ0n) is 15.6. The van der Waals surface area contributed by atoms with Gasteiger partial charge in [0, 0.05) is 36.4 Å². The highest BCUT2D eigenvalue weighted by Crippen LogP contribution is 2.18. The summed E-state index contributed by atoms with van der Waals surface area (Å²) in [6, 6.07) is 17.2. The lowest BCUT2D eigenvalue weighted by molar-refractivity contribution is 0.489. The van der Waals surface area contributed by atoms with Gasteiger partial charge in [-0.1, -0.05) is 36.4 Å². The first-order chi connectivity index (χ1) is 12.9. The van der Waals surface area contributed by atoms with Crippen LogP contribution in [0.2, 0.25) is 0 Å². The van der Waals surface area contributed by atoms with E-state index >= 15 is 0 Å². The molecule has 1 heterocycles. The Bertz CT molecular complexity index is 990. The third kappa shape index (κ3) is 5.35. The Balaban J connectivity index is 1.57. The number of fused-ring (bicyclic) bond motifs is 1. The molecule has 0 aliphatic rings. The molecule has 2 N–H and O–H groups in total. The quantitative estimate of drug-likeness (QED) is 0.627. The minimum absolute atomic E-state index is 0.221. The molecule has 6 heteroatoms. The summed E-state index contributed by atoms with van der Waals surface area (Å²) in [4.78, 5) is 4.32. The van der Waals surface area contributed by atoms with E-state index in [1.807, 2.05) is 31.2 Å². The maximum absolute atomic E-state index is 12.7. The second-order valence-corrected chi connectivity index (χ2v) is 8.62. The van der Waals surface area contributed by atoms with Crippen LogP contribution < -0.4 is 10.0 Å². The van der Waals surface area contributed by atoms with E-state index in [4.69, 9.17) is 0 Å². The first-order valence-corrected chi connectivity index (χ1v) is 10.6. The number of nitrogens with zero attached hydrogens (tertiary/aromatic N) is 1. The average Bonchev–Trinajstić information content (AvgIpc) is 2.66. The van der Waals surface area contributed by atoms with Gasteiger partial charge in [0.05, 0.1) is 4.90 Å². The molecule has 0 saturated carbocycles. The van der Waals surface area contributed by atoms with Crippen LogP contribution in [0.4, 0.5) is 0 Å². The van der Waals surface area contributed by atoms with E-state index in [1.165, 1.54) is 5.56 Å². The van der Waals surface area contributed by atoms with Crippen LogP contribution in [0, 0.1) is 0 Å². The molecule has 0 radical (unpaired) electrons. The highest BCUT2D eigenvalue weighted by molar-refractivity contribution is 7.89. The molecule has 1 unspecified atom stereocenters. The number of hydrogen-bond donors (Lipinski definition) is 2. The summed E-state index contributed by atoms with van der Waals surface area (Å²) in [5.41, 5.74) is 1.26.